The molecule has 0 aliphatic carbocycles. The molecule has 6 aromatic carbocycles. The van der Waals surface area contributed by atoms with E-state index in [4.69, 9.17) is 0 Å². The van der Waals surface area contributed by atoms with Gasteiger partial charge in [0, 0.05) is 27.2 Å². The van der Waals surface area contributed by atoms with Crippen molar-refractivity contribution in [1.29, 1.82) is 0 Å². The van der Waals surface area contributed by atoms with Crippen LogP contribution in [0.3, 0.4) is 0 Å². The molecule has 8 aromatic rings. The molecule has 8 rings (SSSR count). The molecular weight excluding hydrogens is 460 g/mol. The van der Waals surface area contributed by atoms with Crippen molar-refractivity contribution in [2.24, 2.45) is 0 Å². The van der Waals surface area contributed by atoms with E-state index in [2.05, 4.69) is 155 Å². The third-order valence-corrected chi connectivity index (χ3v) is 7.71. The van der Waals surface area contributed by atoms with E-state index in [-0.39, 0.29) is 0 Å². The Morgan fingerprint density at radius 1 is 0.342 bits per heavy atom. The van der Waals surface area contributed by atoms with Crippen molar-refractivity contribution in [2.75, 3.05) is 0 Å². The van der Waals surface area contributed by atoms with Crippen LogP contribution in [-0.4, -0.2) is 9.13 Å². The number of hydrogen-bond acceptors (Lipinski definition) is 0. The summed E-state index contributed by atoms with van der Waals surface area (Å²) in [5.41, 5.74) is 9.63. The molecule has 0 spiro atoms. The summed E-state index contributed by atoms with van der Waals surface area (Å²) < 4.78 is 4.87. The smallest absolute Gasteiger partial charge is 0.0782 e. The van der Waals surface area contributed by atoms with Gasteiger partial charge < -0.3 is 9.13 Å². The van der Waals surface area contributed by atoms with Crippen molar-refractivity contribution < 1.29 is 0 Å². The fraction of sp³-hybridized carbons (Fsp3) is 0. The maximum Gasteiger partial charge on any atom is 0.0782 e. The molecule has 0 amide bonds. The Morgan fingerprint density at radius 2 is 0.842 bits per heavy atom. The van der Waals surface area contributed by atoms with Crippen LogP contribution < -0.4 is 0 Å². The minimum absolute atomic E-state index is 1.16. The number of aromatic nitrogens is 2. The van der Waals surface area contributed by atoms with E-state index in [9.17, 15) is 0 Å². The maximum absolute atomic E-state index is 2.44. The lowest BCUT2D eigenvalue weighted by atomic mass is 10.1. The first-order valence-electron chi connectivity index (χ1n) is 13.0. The molecule has 0 atom stereocenters. The van der Waals surface area contributed by atoms with E-state index in [0.717, 1.165) is 5.69 Å². The third-order valence-electron chi connectivity index (χ3n) is 7.71. The second kappa shape index (κ2) is 8.22. The first-order valence-corrected chi connectivity index (χ1v) is 13.0. The Balaban J connectivity index is 1.52. The van der Waals surface area contributed by atoms with E-state index < -0.39 is 0 Å². The number of nitrogens with zero attached hydrogens (tertiary/aromatic N) is 2. The van der Waals surface area contributed by atoms with Gasteiger partial charge in [-0.05, 0) is 47.5 Å². The lowest BCUT2D eigenvalue weighted by Crippen LogP contribution is -2.00. The molecule has 0 aliphatic rings. The standard InChI is InChI=1S/C36H24N2/c1-2-12-25(13-3-1)26-14-10-15-27(24-26)37-32-20-7-6-18-30(32)31-19-11-23-35(36(31)37)38-33-21-8-4-16-28(33)29-17-5-9-22-34(29)38/h1-24H. The van der Waals surface area contributed by atoms with Gasteiger partial charge >= 0.3 is 0 Å². The molecule has 2 nitrogen and oxygen atoms in total. The van der Waals surface area contributed by atoms with Crippen molar-refractivity contribution >= 4 is 43.6 Å². The van der Waals surface area contributed by atoms with Gasteiger partial charge in [0.2, 0.25) is 0 Å². The van der Waals surface area contributed by atoms with Crippen LogP contribution in [0.15, 0.2) is 146 Å². The molecule has 2 aromatic heterocycles. The second-order valence-corrected chi connectivity index (χ2v) is 9.81. The van der Waals surface area contributed by atoms with E-state index in [1.54, 1.807) is 0 Å². The Bertz CT molecular complexity index is 2070. The highest BCUT2D eigenvalue weighted by Gasteiger charge is 2.19. The Labute approximate surface area is 220 Å². The summed E-state index contributed by atoms with van der Waals surface area (Å²) in [6.07, 6.45) is 0. The lowest BCUT2D eigenvalue weighted by molar-refractivity contribution is 1.13. The third kappa shape index (κ3) is 3.01. The average Bonchev–Trinajstić information content (AvgIpc) is 3.51. The van der Waals surface area contributed by atoms with Crippen LogP contribution >= 0.6 is 0 Å². The molecule has 0 aliphatic heterocycles. The molecule has 0 fully saturated rings. The second-order valence-electron chi connectivity index (χ2n) is 9.81. The summed E-state index contributed by atoms with van der Waals surface area (Å²) >= 11 is 0. The first kappa shape index (κ1) is 21.0. The molecule has 0 N–H and O–H groups in total. The minimum Gasteiger partial charge on any atom is -0.307 e. The van der Waals surface area contributed by atoms with Crippen LogP contribution in [0.25, 0.3) is 66.1 Å². The van der Waals surface area contributed by atoms with Crippen molar-refractivity contribution in [3.05, 3.63) is 146 Å². The van der Waals surface area contributed by atoms with Crippen LogP contribution in [0.1, 0.15) is 0 Å². The van der Waals surface area contributed by atoms with E-state index >= 15 is 0 Å². The summed E-state index contributed by atoms with van der Waals surface area (Å²) in [5.74, 6) is 0. The van der Waals surface area contributed by atoms with Gasteiger partial charge in [-0.2, -0.15) is 0 Å². The lowest BCUT2D eigenvalue weighted by Gasteiger charge is -2.15. The largest absolute Gasteiger partial charge is 0.307 e. The highest BCUT2D eigenvalue weighted by molar-refractivity contribution is 6.15. The zero-order valence-electron chi connectivity index (χ0n) is 20.8. The highest BCUT2D eigenvalue weighted by Crippen LogP contribution is 2.39. The predicted molar refractivity (Wildman–Crippen MR) is 161 cm³/mol. The van der Waals surface area contributed by atoms with Gasteiger partial charge in [0.1, 0.15) is 0 Å². The topological polar surface area (TPSA) is 9.86 Å². The number of rotatable bonds is 3. The number of hydrogen-bond donors (Lipinski definition) is 0. The Kier molecular flexibility index (Phi) is 4.55. The normalized spacial score (nSPS) is 11.7. The molecule has 2 heteroatoms. The van der Waals surface area contributed by atoms with Gasteiger partial charge in [0.05, 0.1) is 27.8 Å². The molecule has 0 unspecified atom stereocenters. The minimum atomic E-state index is 1.16. The zero-order valence-corrected chi connectivity index (χ0v) is 20.8. The summed E-state index contributed by atoms with van der Waals surface area (Å²) in [5, 5.41) is 5.06. The highest BCUT2D eigenvalue weighted by atomic mass is 15.1. The predicted octanol–water partition coefficient (Wildman–Crippen LogP) is 9.55. The van der Waals surface area contributed by atoms with Gasteiger partial charge in [0.25, 0.3) is 0 Å². The molecule has 178 valence electrons. The van der Waals surface area contributed by atoms with Crippen molar-refractivity contribution in [3.8, 4) is 22.5 Å². The molecule has 0 saturated heterocycles. The maximum atomic E-state index is 2.44. The van der Waals surface area contributed by atoms with Gasteiger partial charge in [-0.1, -0.05) is 109 Å². The van der Waals surface area contributed by atoms with E-state index in [1.807, 2.05) is 0 Å². The van der Waals surface area contributed by atoms with Crippen LogP contribution in [0.4, 0.5) is 0 Å². The van der Waals surface area contributed by atoms with Crippen LogP contribution in [0, 0.1) is 0 Å². The van der Waals surface area contributed by atoms with Crippen molar-refractivity contribution in [2.45, 2.75) is 0 Å². The van der Waals surface area contributed by atoms with E-state index in [0.29, 0.717) is 0 Å². The zero-order chi connectivity index (χ0) is 25.1. The van der Waals surface area contributed by atoms with Crippen molar-refractivity contribution in [3.63, 3.8) is 0 Å². The summed E-state index contributed by atoms with van der Waals surface area (Å²) in [6.45, 7) is 0. The number of para-hydroxylation sites is 4. The van der Waals surface area contributed by atoms with E-state index in [1.165, 1.54) is 60.4 Å². The summed E-state index contributed by atoms with van der Waals surface area (Å²) in [7, 11) is 0. The van der Waals surface area contributed by atoms with Gasteiger partial charge in [-0.25, -0.2) is 0 Å². The summed E-state index contributed by atoms with van der Waals surface area (Å²) in [4.78, 5) is 0. The van der Waals surface area contributed by atoms with Gasteiger partial charge in [-0.3, -0.25) is 0 Å². The summed E-state index contributed by atoms with van der Waals surface area (Å²) in [6, 6.07) is 52.4. The van der Waals surface area contributed by atoms with Crippen molar-refractivity contribution in [1.82, 2.24) is 9.13 Å². The molecule has 0 bridgehead atoms. The number of fused-ring (bicyclic) bond motifs is 6. The molecular formula is C36H24N2. The van der Waals surface area contributed by atoms with Crippen LogP contribution in [-0.2, 0) is 0 Å². The van der Waals surface area contributed by atoms with Crippen LogP contribution in [0.5, 0.6) is 0 Å². The molecule has 38 heavy (non-hydrogen) atoms. The van der Waals surface area contributed by atoms with Gasteiger partial charge in [-0.15, -0.1) is 0 Å². The molecule has 0 saturated carbocycles. The molecule has 0 radical (unpaired) electrons. The molecule has 2 heterocycles. The van der Waals surface area contributed by atoms with Crippen LogP contribution in [0.2, 0.25) is 0 Å². The van der Waals surface area contributed by atoms with Gasteiger partial charge in [0.15, 0.2) is 0 Å². The first-order chi connectivity index (χ1) is 18.9. The monoisotopic (exact) mass is 484 g/mol. The fourth-order valence-corrected chi connectivity index (χ4v) is 6.09. The Morgan fingerprint density at radius 3 is 1.53 bits per heavy atom. The quantitative estimate of drug-likeness (QED) is 0.236. The SMILES string of the molecule is c1ccc(-c2cccc(-n3c4ccccc4c4cccc(-n5c6ccccc6c6ccccc65)c43)c2)cc1. The fourth-order valence-electron chi connectivity index (χ4n) is 6.09. The average molecular weight is 485 g/mol. The Hall–Kier alpha value is -5.08. The number of benzene rings is 6.